The van der Waals surface area contributed by atoms with Gasteiger partial charge in [0.25, 0.3) is 0 Å². The molecule has 0 fully saturated rings. The molecule has 23 heavy (non-hydrogen) atoms. The van der Waals surface area contributed by atoms with Gasteiger partial charge in [-0.05, 0) is 25.7 Å². The van der Waals surface area contributed by atoms with E-state index in [0.29, 0.717) is 25.4 Å². The molecular formula is C20H40O3. The fraction of sp³-hybridized carbons (Fsp3) is 0.950. The van der Waals surface area contributed by atoms with Crippen LogP contribution < -0.4 is 0 Å². The smallest absolute Gasteiger partial charge is 0.141 e. The summed E-state index contributed by atoms with van der Waals surface area (Å²) in [5, 5.41) is 8.72. The zero-order valence-electron chi connectivity index (χ0n) is 16.0. The van der Waals surface area contributed by atoms with Gasteiger partial charge in [-0.25, -0.2) is 0 Å². The van der Waals surface area contributed by atoms with Gasteiger partial charge in [0.05, 0.1) is 0 Å². The van der Waals surface area contributed by atoms with Crippen molar-refractivity contribution >= 4 is 5.78 Å². The molecule has 0 radical (unpaired) electrons. The number of aliphatic hydroxyl groups is 1. The minimum Gasteiger partial charge on any atom is -0.396 e. The topological polar surface area (TPSA) is 46.5 Å². The molecule has 0 amide bonds. The summed E-state index contributed by atoms with van der Waals surface area (Å²) in [7, 11) is 0. The average Bonchev–Trinajstić information content (AvgIpc) is 2.50. The molecule has 0 rings (SSSR count). The molecule has 3 heteroatoms. The summed E-state index contributed by atoms with van der Waals surface area (Å²) in [5.74, 6) is 0.587. The van der Waals surface area contributed by atoms with E-state index in [1.165, 1.54) is 38.5 Å². The van der Waals surface area contributed by atoms with Crippen molar-refractivity contribution in [2.45, 2.75) is 91.9 Å². The van der Waals surface area contributed by atoms with E-state index >= 15 is 0 Å². The fourth-order valence-electron chi connectivity index (χ4n) is 2.89. The largest absolute Gasteiger partial charge is 0.396 e. The molecule has 1 unspecified atom stereocenters. The summed E-state index contributed by atoms with van der Waals surface area (Å²) < 4.78 is 5.49. The average molecular weight is 329 g/mol. The molecule has 0 aliphatic rings. The maximum absolute atomic E-state index is 12.6. The van der Waals surface area contributed by atoms with Gasteiger partial charge in [-0.3, -0.25) is 4.79 Å². The standard InChI is InChI=1S/C20H40O3/c1-5-6-7-8-9-10-13-18(19(22)20(2,3)4)14-11-16-23-17-12-15-21/h18,21H,5-17H2,1-4H3. The Hall–Kier alpha value is -0.410. The van der Waals surface area contributed by atoms with Crippen LogP contribution in [0.3, 0.4) is 0 Å². The Morgan fingerprint density at radius 1 is 0.913 bits per heavy atom. The molecule has 0 bridgehead atoms. The maximum Gasteiger partial charge on any atom is 0.141 e. The summed E-state index contributed by atoms with van der Waals surface area (Å²) in [4.78, 5) is 12.6. The highest BCUT2D eigenvalue weighted by Crippen LogP contribution is 2.27. The number of unbranched alkanes of at least 4 members (excludes halogenated alkanes) is 5. The third-order valence-corrected chi connectivity index (χ3v) is 4.30. The fourth-order valence-corrected chi connectivity index (χ4v) is 2.89. The summed E-state index contributed by atoms with van der Waals surface area (Å²) in [6, 6.07) is 0. The molecule has 1 atom stereocenters. The molecule has 0 aromatic heterocycles. The lowest BCUT2D eigenvalue weighted by Gasteiger charge is -2.24. The van der Waals surface area contributed by atoms with Gasteiger partial charge < -0.3 is 9.84 Å². The van der Waals surface area contributed by atoms with Crippen LogP contribution in [0.25, 0.3) is 0 Å². The highest BCUT2D eigenvalue weighted by Gasteiger charge is 2.28. The van der Waals surface area contributed by atoms with Gasteiger partial charge in [-0.15, -0.1) is 0 Å². The third-order valence-electron chi connectivity index (χ3n) is 4.30. The van der Waals surface area contributed by atoms with E-state index in [1.54, 1.807) is 0 Å². The number of rotatable bonds is 15. The van der Waals surface area contributed by atoms with Crippen LogP contribution in [-0.4, -0.2) is 30.7 Å². The van der Waals surface area contributed by atoms with Gasteiger partial charge in [0, 0.05) is 31.2 Å². The number of ether oxygens (including phenoxy) is 1. The first-order chi connectivity index (χ1) is 10.9. The SMILES string of the molecule is CCCCCCCCC(CCCOCCCO)C(=O)C(C)(C)C. The van der Waals surface area contributed by atoms with Crippen molar-refractivity contribution < 1.29 is 14.6 Å². The quantitative estimate of drug-likeness (QED) is 0.423. The first-order valence-electron chi connectivity index (χ1n) is 9.66. The van der Waals surface area contributed by atoms with Crippen LogP contribution >= 0.6 is 0 Å². The second kappa shape index (κ2) is 14.0. The molecule has 0 aromatic rings. The number of Topliss-reactive ketones (excluding diaryl/α,β-unsaturated/α-hetero) is 1. The number of carbonyl (C=O) groups is 1. The van der Waals surface area contributed by atoms with E-state index in [9.17, 15) is 4.79 Å². The Morgan fingerprint density at radius 3 is 2.09 bits per heavy atom. The van der Waals surface area contributed by atoms with Crippen LogP contribution in [0.2, 0.25) is 0 Å². The highest BCUT2D eigenvalue weighted by molar-refractivity contribution is 5.85. The van der Waals surface area contributed by atoms with Crippen LogP contribution in [0.1, 0.15) is 91.9 Å². The normalized spacial score (nSPS) is 13.3. The molecule has 0 saturated carbocycles. The van der Waals surface area contributed by atoms with Crippen molar-refractivity contribution in [1.29, 1.82) is 0 Å². The molecule has 0 aliphatic carbocycles. The summed E-state index contributed by atoms with van der Waals surface area (Å²) in [6.07, 6.45) is 11.2. The van der Waals surface area contributed by atoms with E-state index in [0.717, 1.165) is 19.3 Å². The molecule has 0 aromatic carbocycles. The van der Waals surface area contributed by atoms with Crippen molar-refractivity contribution in [3.63, 3.8) is 0 Å². The predicted octanol–water partition coefficient (Wildman–Crippen LogP) is 5.15. The zero-order valence-corrected chi connectivity index (χ0v) is 16.0. The van der Waals surface area contributed by atoms with E-state index in [4.69, 9.17) is 9.84 Å². The van der Waals surface area contributed by atoms with Crippen molar-refractivity contribution in [1.82, 2.24) is 0 Å². The Kier molecular flexibility index (Phi) is 13.7. The van der Waals surface area contributed by atoms with Crippen LogP contribution in [0, 0.1) is 11.3 Å². The minimum absolute atomic E-state index is 0.183. The third kappa shape index (κ3) is 12.7. The highest BCUT2D eigenvalue weighted by atomic mass is 16.5. The number of ketones is 1. The number of carbonyl (C=O) groups excluding carboxylic acids is 1. The second-order valence-electron chi connectivity index (χ2n) is 7.70. The Bertz CT molecular complexity index is 265. The van der Waals surface area contributed by atoms with Crippen molar-refractivity contribution in [3.05, 3.63) is 0 Å². The summed E-state index contributed by atoms with van der Waals surface area (Å²) in [5.41, 5.74) is -0.245. The summed E-state index contributed by atoms with van der Waals surface area (Å²) in [6.45, 7) is 9.82. The van der Waals surface area contributed by atoms with Crippen LogP contribution in [0.4, 0.5) is 0 Å². The lowest BCUT2D eigenvalue weighted by Crippen LogP contribution is -2.28. The minimum atomic E-state index is -0.245. The monoisotopic (exact) mass is 328 g/mol. The Morgan fingerprint density at radius 2 is 1.48 bits per heavy atom. The van der Waals surface area contributed by atoms with Crippen LogP contribution in [0.5, 0.6) is 0 Å². The van der Waals surface area contributed by atoms with E-state index in [2.05, 4.69) is 6.92 Å². The molecular weight excluding hydrogens is 288 g/mol. The van der Waals surface area contributed by atoms with Gasteiger partial charge in [0.2, 0.25) is 0 Å². The Balaban J connectivity index is 4.07. The van der Waals surface area contributed by atoms with Gasteiger partial charge in [0.1, 0.15) is 5.78 Å². The molecule has 138 valence electrons. The lowest BCUT2D eigenvalue weighted by atomic mass is 9.79. The summed E-state index contributed by atoms with van der Waals surface area (Å²) >= 11 is 0. The predicted molar refractivity (Wildman–Crippen MR) is 97.7 cm³/mol. The number of aliphatic hydroxyl groups excluding tert-OH is 1. The van der Waals surface area contributed by atoms with Gasteiger partial charge in [-0.1, -0.05) is 66.2 Å². The maximum atomic E-state index is 12.6. The lowest BCUT2D eigenvalue weighted by molar-refractivity contribution is -0.131. The molecule has 0 saturated heterocycles. The van der Waals surface area contributed by atoms with Crippen molar-refractivity contribution in [3.8, 4) is 0 Å². The van der Waals surface area contributed by atoms with Crippen molar-refractivity contribution in [2.24, 2.45) is 11.3 Å². The number of hydrogen-bond donors (Lipinski definition) is 1. The first-order valence-corrected chi connectivity index (χ1v) is 9.66. The van der Waals surface area contributed by atoms with E-state index in [-0.39, 0.29) is 17.9 Å². The van der Waals surface area contributed by atoms with Gasteiger partial charge in [0.15, 0.2) is 0 Å². The second-order valence-corrected chi connectivity index (χ2v) is 7.70. The Labute approximate surface area is 144 Å². The van der Waals surface area contributed by atoms with Gasteiger partial charge >= 0.3 is 0 Å². The molecule has 0 aliphatic heterocycles. The van der Waals surface area contributed by atoms with Crippen LogP contribution in [-0.2, 0) is 9.53 Å². The molecule has 1 N–H and O–H groups in total. The number of hydrogen-bond acceptors (Lipinski definition) is 3. The van der Waals surface area contributed by atoms with Crippen LogP contribution in [0.15, 0.2) is 0 Å². The first kappa shape index (κ1) is 22.6. The van der Waals surface area contributed by atoms with Crippen molar-refractivity contribution in [2.75, 3.05) is 19.8 Å². The van der Waals surface area contributed by atoms with Gasteiger partial charge in [-0.2, -0.15) is 0 Å². The molecule has 3 nitrogen and oxygen atoms in total. The van der Waals surface area contributed by atoms with E-state index in [1.807, 2.05) is 20.8 Å². The molecule has 0 spiro atoms. The zero-order chi connectivity index (χ0) is 17.6. The van der Waals surface area contributed by atoms with E-state index < -0.39 is 0 Å². The molecule has 0 heterocycles.